The van der Waals surface area contributed by atoms with E-state index in [2.05, 4.69) is 31.9 Å². The van der Waals surface area contributed by atoms with Crippen LogP contribution in [-0.2, 0) is 81.6 Å². The third-order valence-corrected chi connectivity index (χ3v) is 21.7. The first-order valence-corrected chi connectivity index (χ1v) is 39.3. The number of rotatable bonds is 46. The third-order valence-electron chi connectivity index (χ3n) is 21.7. The predicted molar refractivity (Wildman–Crippen MR) is 421 cm³/mol. The van der Waals surface area contributed by atoms with E-state index >= 15 is 0 Å². The molecule has 2 aliphatic heterocycles. The standard InChI is InChI=1S/C82H126N12O16/c1-17-53(10)72(65(108-15)48-68(97)93-44-27-31-64(93)73(109-16)54(11)74(98)87-63(80(104)105)46-56-28-22-20-23-29-56)92(14)79(103)70(51(6)7)89-77(101)71(52(8)9)90(12)45-41-55-35-39-60(40-36-55)91(13)82(107)110-49-57-33-37-59(38-34-57)85-75(99)62(30-26-42-84-81(83)106)86-76(100)69(50(4)5)88-66(95)32-24-21-25-43-94-67(96)47-61(78(94)102)58(18-2)19-3/h20,22-23,28-29,33-40,50-54,58,61-65,69-73H,17-19,21,24-27,30-32,41-49H2,1-16H3,(H,85,99)(H,86,100)(H,87,98)(H,88,95)(H,89,101)(H,104,105)(H3,83,84,106)/t53-,54+,61?,62-,63-,64-,65+,69-,70-,71-,72-,73+/m0/s1. The van der Waals surface area contributed by atoms with Crippen LogP contribution in [0.2, 0.25) is 0 Å². The van der Waals surface area contributed by atoms with E-state index in [-0.39, 0.29) is 123 Å². The normalized spacial score (nSPS) is 17.2. The van der Waals surface area contributed by atoms with Gasteiger partial charge in [-0.05, 0) is 123 Å². The van der Waals surface area contributed by atoms with E-state index in [0.717, 1.165) is 24.0 Å². The van der Waals surface area contributed by atoms with Gasteiger partial charge in [0.25, 0.3) is 0 Å². The number of primary amides is 1. The molecule has 28 heteroatoms. The number of likely N-dealkylation sites (N-methyl/N-ethyl adjacent to an activating group) is 2. The lowest BCUT2D eigenvalue weighted by atomic mass is 9.87. The molecule has 0 aliphatic carbocycles. The van der Waals surface area contributed by atoms with Gasteiger partial charge in [-0.3, -0.25) is 57.9 Å². The van der Waals surface area contributed by atoms with Crippen LogP contribution in [0.15, 0.2) is 78.9 Å². The quantitative estimate of drug-likeness (QED) is 0.0195. The third kappa shape index (κ3) is 26.9. The molecule has 1 unspecified atom stereocenters. The number of ether oxygens (including phenoxy) is 3. The van der Waals surface area contributed by atoms with E-state index in [1.54, 1.807) is 105 Å². The average molecular weight is 1540 g/mol. The number of methoxy groups -OCH3 is 2. The van der Waals surface area contributed by atoms with Gasteiger partial charge in [0.05, 0.1) is 48.6 Å². The molecule has 2 aliphatic rings. The Hall–Kier alpha value is -9.02. The summed E-state index contributed by atoms with van der Waals surface area (Å²) in [6, 6.07) is 16.4. The Kier molecular flexibility index (Phi) is 37.8. The number of likely N-dealkylation sites (tertiary alicyclic amines) is 2. The molecule has 9 N–H and O–H groups in total. The summed E-state index contributed by atoms with van der Waals surface area (Å²) in [6.07, 6.45) is 4.27. The first-order chi connectivity index (χ1) is 52.2. The van der Waals surface area contributed by atoms with Crippen LogP contribution in [0.4, 0.5) is 21.0 Å². The average Bonchev–Trinajstić information content (AvgIpc) is 1.62. The molecule has 12 atom stereocenters. The van der Waals surface area contributed by atoms with Crippen molar-refractivity contribution in [3.63, 3.8) is 0 Å². The maximum atomic E-state index is 14.9. The second-order valence-electron chi connectivity index (χ2n) is 30.7. The molecule has 2 fully saturated rings. The zero-order valence-electron chi connectivity index (χ0n) is 67.8. The van der Waals surface area contributed by atoms with E-state index in [4.69, 9.17) is 19.9 Å². The molecule has 610 valence electrons. The topological polar surface area (TPSA) is 367 Å². The minimum atomic E-state index is -1.18. The smallest absolute Gasteiger partial charge is 0.414 e. The highest BCUT2D eigenvalue weighted by molar-refractivity contribution is 6.04. The number of carbonyl (C=O) groups is 12. The Morgan fingerprint density at radius 3 is 1.89 bits per heavy atom. The van der Waals surface area contributed by atoms with Gasteiger partial charge < -0.3 is 66.8 Å². The van der Waals surface area contributed by atoms with E-state index in [1.165, 1.54) is 24.0 Å². The monoisotopic (exact) mass is 1530 g/mol. The highest BCUT2D eigenvalue weighted by atomic mass is 16.6. The molecule has 5 rings (SSSR count). The lowest BCUT2D eigenvalue weighted by Gasteiger charge is -2.41. The lowest BCUT2D eigenvalue weighted by Crippen LogP contribution is -2.60. The number of nitrogens with one attached hydrogen (secondary N) is 6. The Balaban J connectivity index is 1.12. The molecule has 2 heterocycles. The second kappa shape index (κ2) is 45.3. The molecule has 12 amide bonds. The molecule has 0 bridgehead atoms. The summed E-state index contributed by atoms with van der Waals surface area (Å²) in [6.45, 7) is 22.1. The number of hydrogen-bond donors (Lipinski definition) is 8. The number of carboxylic acids is 1. The minimum Gasteiger partial charge on any atom is -0.480 e. The molecule has 110 heavy (non-hydrogen) atoms. The Morgan fingerprint density at radius 1 is 0.673 bits per heavy atom. The molecule has 0 spiro atoms. The first kappa shape index (κ1) is 91.6. The lowest BCUT2D eigenvalue weighted by molar-refractivity contribution is -0.148. The van der Waals surface area contributed by atoms with Crippen LogP contribution in [0.5, 0.6) is 0 Å². The number of aliphatic carboxylic acids is 1. The van der Waals surface area contributed by atoms with Crippen LogP contribution in [-0.4, -0.2) is 212 Å². The highest BCUT2D eigenvalue weighted by Crippen LogP contribution is 2.33. The highest BCUT2D eigenvalue weighted by Gasteiger charge is 2.45. The number of nitrogens with zero attached hydrogens (tertiary/aromatic N) is 5. The van der Waals surface area contributed by atoms with Crippen molar-refractivity contribution < 1.29 is 76.9 Å². The number of carboxylic acid groups (broad SMARTS) is 1. The number of nitrogens with two attached hydrogens (primary N) is 1. The molecule has 28 nitrogen and oxygen atoms in total. The summed E-state index contributed by atoms with van der Waals surface area (Å²) < 4.78 is 17.7. The van der Waals surface area contributed by atoms with Crippen molar-refractivity contribution in [1.29, 1.82) is 0 Å². The van der Waals surface area contributed by atoms with E-state index in [1.807, 2.05) is 85.5 Å². The van der Waals surface area contributed by atoms with Gasteiger partial charge in [-0.25, -0.2) is 14.4 Å². The molecule has 0 saturated carbocycles. The summed E-state index contributed by atoms with van der Waals surface area (Å²) in [5, 5.41) is 26.8. The number of amides is 12. The van der Waals surface area contributed by atoms with Crippen molar-refractivity contribution in [2.45, 2.75) is 234 Å². The van der Waals surface area contributed by atoms with Crippen LogP contribution < -0.4 is 42.5 Å². The van der Waals surface area contributed by atoms with E-state index in [0.29, 0.717) is 81.5 Å². The van der Waals surface area contributed by atoms with Gasteiger partial charge in [-0.2, -0.15) is 0 Å². The summed E-state index contributed by atoms with van der Waals surface area (Å²) in [5.74, 6) is -6.24. The van der Waals surface area contributed by atoms with Gasteiger partial charge in [0, 0.05) is 85.1 Å². The molecular weight excluding hydrogens is 1410 g/mol. The molecule has 0 aromatic heterocycles. The van der Waals surface area contributed by atoms with Crippen LogP contribution >= 0.6 is 0 Å². The van der Waals surface area contributed by atoms with Crippen molar-refractivity contribution in [2.24, 2.45) is 47.2 Å². The largest absolute Gasteiger partial charge is 0.480 e. The maximum absolute atomic E-state index is 14.9. The van der Waals surface area contributed by atoms with Gasteiger partial charge in [0.1, 0.15) is 30.8 Å². The van der Waals surface area contributed by atoms with Crippen molar-refractivity contribution in [2.75, 3.05) is 71.8 Å². The Labute approximate surface area is 650 Å². The Morgan fingerprint density at radius 2 is 1.31 bits per heavy atom. The number of unbranched alkanes of at least 4 members (excludes halogenated alkanes) is 2. The zero-order chi connectivity index (χ0) is 81.6. The fourth-order valence-corrected chi connectivity index (χ4v) is 15.0. The van der Waals surface area contributed by atoms with Crippen molar-refractivity contribution in [3.05, 3.63) is 95.6 Å². The minimum absolute atomic E-state index is 0.0865. The molecule has 0 radical (unpaired) electrons. The summed E-state index contributed by atoms with van der Waals surface area (Å²) in [7, 11) is 8.13. The van der Waals surface area contributed by atoms with Gasteiger partial charge in [-0.1, -0.05) is 156 Å². The van der Waals surface area contributed by atoms with Gasteiger partial charge >= 0.3 is 18.1 Å². The van der Waals surface area contributed by atoms with Crippen LogP contribution in [0.1, 0.15) is 176 Å². The fourth-order valence-electron chi connectivity index (χ4n) is 15.0. The predicted octanol–water partition coefficient (Wildman–Crippen LogP) is 8.22. The first-order valence-electron chi connectivity index (χ1n) is 39.3. The molecular formula is C82H126N12O16. The van der Waals surface area contributed by atoms with Crippen molar-refractivity contribution >= 4 is 82.6 Å². The van der Waals surface area contributed by atoms with Crippen LogP contribution in [0.3, 0.4) is 0 Å². The number of anilines is 2. The molecule has 3 aromatic rings. The van der Waals surface area contributed by atoms with E-state index in [9.17, 15) is 62.6 Å². The van der Waals surface area contributed by atoms with E-state index < -0.39 is 96.2 Å². The number of imide groups is 1. The van der Waals surface area contributed by atoms with Crippen molar-refractivity contribution in [3.8, 4) is 0 Å². The molecule has 3 aromatic carbocycles. The van der Waals surface area contributed by atoms with Gasteiger partial charge in [0.15, 0.2) is 0 Å². The SMILES string of the molecule is CCC(CC)C1CC(=O)N(CCCCCC(=O)N[C@H](C(=O)N[C@@H](CCCNC(N)=O)C(=O)Nc2ccc(COC(=O)N(C)c3ccc(CCN(C)[C@H](C(=O)N[C@H](C(=O)N(C)[C@@H]([C@@H](C)CC)[C@@H](CC(=O)N4CCC[C@H]4[C@H](OC)[C@@H](C)C(=O)N[C@@H](Cc4ccccc4)C(=O)O)OC)C(C)C)C(C)C)cc3)cc2)C(C)C)C1=O. The van der Waals surface area contributed by atoms with Crippen LogP contribution in [0.25, 0.3) is 0 Å². The summed E-state index contributed by atoms with van der Waals surface area (Å²) >= 11 is 0. The summed E-state index contributed by atoms with van der Waals surface area (Å²) in [5.41, 5.74) is 8.53. The number of benzene rings is 3. The number of urea groups is 1. The van der Waals surface area contributed by atoms with Gasteiger partial charge in [0.2, 0.25) is 53.2 Å². The number of carbonyl (C=O) groups excluding carboxylic acids is 11. The van der Waals surface area contributed by atoms with Crippen LogP contribution in [0, 0.1) is 41.4 Å². The second-order valence-corrected chi connectivity index (χ2v) is 30.7. The maximum Gasteiger partial charge on any atom is 0.414 e. The Bertz CT molecular complexity index is 3500. The molecule has 2 saturated heterocycles. The zero-order valence-corrected chi connectivity index (χ0v) is 67.8. The number of hydrogen-bond acceptors (Lipinski definition) is 16. The summed E-state index contributed by atoms with van der Waals surface area (Å²) in [4.78, 5) is 169. The van der Waals surface area contributed by atoms with Gasteiger partial charge in [-0.15, -0.1) is 0 Å². The fraction of sp³-hybridized carbons (Fsp3) is 0.634. The van der Waals surface area contributed by atoms with Crippen molar-refractivity contribution in [1.82, 2.24) is 46.2 Å².